The molecule has 2 aromatic carbocycles. The van der Waals surface area contributed by atoms with Crippen LogP contribution in [0.5, 0.6) is 0 Å². The Morgan fingerprint density at radius 1 is 1.10 bits per heavy atom. The van der Waals surface area contributed by atoms with E-state index < -0.39 is 0 Å². The van der Waals surface area contributed by atoms with Gasteiger partial charge in [0.05, 0.1) is 6.42 Å². The van der Waals surface area contributed by atoms with Crippen molar-refractivity contribution in [3.63, 3.8) is 0 Å². The Labute approximate surface area is 126 Å². The number of halogens is 3. The molecule has 0 unspecified atom stereocenters. The predicted octanol–water partition coefficient (Wildman–Crippen LogP) is 3.99. The largest absolute Gasteiger partial charge is 0.352 e. The molecule has 0 radical (unpaired) electrons. The van der Waals surface area contributed by atoms with Crippen LogP contribution in [-0.2, 0) is 17.8 Å². The Balaban J connectivity index is 1.90. The van der Waals surface area contributed by atoms with Gasteiger partial charge < -0.3 is 5.32 Å². The molecule has 2 aromatic rings. The first-order chi connectivity index (χ1) is 9.54. The Morgan fingerprint density at radius 2 is 1.80 bits per heavy atom. The molecule has 0 aliphatic heterocycles. The molecule has 0 aliphatic carbocycles. The van der Waals surface area contributed by atoms with Gasteiger partial charge in [-0.2, -0.15) is 0 Å². The van der Waals surface area contributed by atoms with E-state index in [1.165, 1.54) is 12.1 Å². The molecule has 104 valence electrons. The summed E-state index contributed by atoms with van der Waals surface area (Å²) in [5.41, 5.74) is 1.55. The fourth-order valence-electron chi connectivity index (χ4n) is 1.70. The van der Waals surface area contributed by atoms with E-state index in [-0.39, 0.29) is 18.1 Å². The van der Waals surface area contributed by atoms with E-state index in [1.54, 1.807) is 30.3 Å². The topological polar surface area (TPSA) is 29.1 Å². The lowest BCUT2D eigenvalue weighted by atomic mass is 10.1. The molecular weight excluding hydrogens is 300 g/mol. The third-order valence-corrected chi connectivity index (χ3v) is 3.36. The standard InChI is InChI=1S/C15H12Cl2FNO/c16-12-4-3-11(14(17)8-12)7-15(20)19-9-10-1-5-13(18)6-2-10/h1-6,8H,7,9H2,(H,19,20). The van der Waals surface area contributed by atoms with Gasteiger partial charge in [0, 0.05) is 16.6 Å². The lowest BCUT2D eigenvalue weighted by molar-refractivity contribution is -0.120. The molecule has 0 saturated carbocycles. The van der Waals surface area contributed by atoms with Crippen molar-refractivity contribution in [1.82, 2.24) is 5.32 Å². The zero-order valence-electron chi connectivity index (χ0n) is 10.5. The fourth-order valence-corrected chi connectivity index (χ4v) is 2.18. The molecule has 20 heavy (non-hydrogen) atoms. The Hall–Kier alpha value is -1.58. The quantitative estimate of drug-likeness (QED) is 0.908. The van der Waals surface area contributed by atoms with Gasteiger partial charge in [-0.25, -0.2) is 4.39 Å². The summed E-state index contributed by atoms with van der Waals surface area (Å²) in [6.45, 7) is 0.352. The van der Waals surface area contributed by atoms with E-state index in [1.807, 2.05) is 0 Å². The zero-order valence-corrected chi connectivity index (χ0v) is 12.0. The van der Waals surface area contributed by atoms with E-state index in [0.717, 1.165) is 5.56 Å². The second-order valence-electron chi connectivity index (χ2n) is 4.32. The second-order valence-corrected chi connectivity index (χ2v) is 5.16. The van der Waals surface area contributed by atoms with Crippen LogP contribution < -0.4 is 5.32 Å². The lowest BCUT2D eigenvalue weighted by Crippen LogP contribution is -2.24. The highest BCUT2D eigenvalue weighted by Crippen LogP contribution is 2.21. The molecule has 0 spiro atoms. The van der Waals surface area contributed by atoms with Crippen LogP contribution in [0.25, 0.3) is 0 Å². The van der Waals surface area contributed by atoms with Crippen molar-refractivity contribution < 1.29 is 9.18 Å². The molecular formula is C15H12Cl2FNO. The second kappa shape index (κ2) is 6.73. The predicted molar refractivity (Wildman–Crippen MR) is 78.4 cm³/mol. The van der Waals surface area contributed by atoms with Gasteiger partial charge in [-0.1, -0.05) is 41.4 Å². The summed E-state index contributed by atoms with van der Waals surface area (Å²) in [6, 6.07) is 11.0. The number of nitrogens with one attached hydrogen (secondary N) is 1. The maximum atomic E-state index is 12.7. The zero-order chi connectivity index (χ0) is 14.5. The highest BCUT2D eigenvalue weighted by molar-refractivity contribution is 6.35. The van der Waals surface area contributed by atoms with Crippen LogP contribution in [0.3, 0.4) is 0 Å². The van der Waals surface area contributed by atoms with Crippen LogP contribution in [0.4, 0.5) is 4.39 Å². The van der Waals surface area contributed by atoms with E-state index in [0.29, 0.717) is 22.2 Å². The average molecular weight is 312 g/mol. The highest BCUT2D eigenvalue weighted by atomic mass is 35.5. The monoisotopic (exact) mass is 311 g/mol. The first-order valence-corrected chi connectivity index (χ1v) is 6.75. The van der Waals surface area contributed by atoms with Crippen LogP contribution in [0.15, 0.2) is 42.5 Å². The van der Waals surface area contributed by atoms with Gasteiger partial charge >= 0.3 is 0 Å². The minimum atomic E-state index is -0.298. The third kappa shape index (κ3) is 4.22. The van der Waals surface area contributed by atoms with Gasteiger partial charge in [0.25, 0.3) is 0 Å². The van der Waals surface area contributed by atoms with Crippen molar-refractivity contribution in [2.24, 2.45) is 0 Å². The van der Waals surface area contributed by atoms with Gasteiger partial charge in [0.15, 0.2) is 0 Å². The molecule has 2 rings (SSSR count). The molecule has 5 heteroatoms. The van der Waals surface area contributed by atoms with Gasteiger partial charge in [-0.05, 0) is 35.4 Å². The number of carbonyl (C=O) groups is 1. The normalized spacial score (nSPS) is 10.3. The number of hydrogen-bond acceptors (Lipinski definition) is 1. The highest BCUT2D eigenvalue weighted by Gasteiger charge is 2.07. The molecule has 1 N–H and O–H groups in total. The van der Waals surface area contributed by atoms with Gasteiger partial charge in [0.1, 0.15) is 5.82 Å². The molecule has 0 atom stereocenters. The molecule has 0 aromatic heterocycles. The molecule has 0 aliphatic rings. The number of carbonyl (C=O) groups excluding carboxylic acids is 1. The number of hydrogen-bond donors (Lipinski definition) is 1. The molecule has 0 heterocycles. The minimum absolute atomic E-state index is 0.154. The Bertz CT molecular complexity index is 614. The van der Waals surface area contributed by atoms with E-state index in [2.05, 4.69) is 5.32 Å². The maximum Gasteiger partial charge on any atom is 0.224 e. The van der Waals surface area contributed by atoms with E-state index >= 15 is 0 Å². The first-order valence-electron chi connectivity index (χ1n) is 5.99. The van der Waals surface area contributed by atoms with Gasteiger partial charge in [-0.15, -0.1) is 0 Å². The van der Waals surface area contributed by atoms with Crippen LogP contribution in [0.1, 0.15) is 11.1 Å². The smallest absolute Gasteiger partial charge is 0.224 e. The average Bonchev–Trinajstić information content (AvgIpc) is 2.41. The van der Waals surface area contributed by atoms with Crippen LogP contribution >= 0.6 is 23.2 Å². The van der Waals surface area contributed by atoms with E-state index in [9.17, 15) is 9.18 Å². The lowest BCUT2D eigenvalue weighted by Gasteiger charge is -2.07. The summed E-state index contributed by atoms with van der Waals surface area (Å²) in [5, 5.41) is 3.76. The Morgan fingerprint density at radius 3 is 2.45 bits per heavy atom. The van der Waals surface area contributed by atoms with Crippen molar-refractivity contribution >= 4 is 29.1 Å². The molecule has 0 saturated heterocycles. The molecule has 0 fully saturated rings. The van der Waals surface area contributed by atoms with Gasteiger partial charge in [-0.3, -0.25) is 4.79 Å². The van der Waals surface area contributed by atoms with Crippen molar-refractivity contribution in [2.45, 2.75) is 13.0 Å². The Kier molecular flexibility index (Phi) is 4.99. The summed E-state index contributed by atoms with van der Waals surface area (Å²) < 4.78 is 12.7. The number of amides is 1. The summed E-state index contributed by atoms with van der Waals surface area (Å²) in [7, 11) is 0. The summed E-state index contributed by atoms with van der Waals surface area (Å²) >= 11 is 11.8. The van der Waals surface area contributed by atoms with Crippen molar-refractivity contribution in [1.29, 1.82) is 0 Å². The minimum Gasteiger partial charge on any atom is -0.352 e. The molecule has 2 nitrogen and oxygen atoms in total. The molecule has 0 bridgehead atoms. The van der Waals surface area contributed by atoms with Crippen molar-refractivity contribution in [3.8, 4) is 0 Å². The third-order valence-electron chi connectivity index (χ3n) is 2.77. The van der Waals surface area contributed by atoms with Crippen molar-refractivity contribution in [2.75, 3.05) is 0 Å². The number of benzene rings is 2. The van der Waals surface area contributed by atoms with E-state index in [4.69, 9.17) is 23.2 Å². The maximum absolute atomic E-state index is 12.7. The van der Waals surface area contributed by atoms with Crippen molar-refractivity contribution in [3.05, 3.63) is 69.5 Å². The fraction of sp³-hybridized carbons (Fsp3) is 0.133. The first kappa shape index (κ1) is 14.8. The van der Waals surface area contributed by atoms with Crippen LogP contribution in [-0.4, -0.2) is 5.91 Å². The van der Waals surface area contributed by atoms with Gasteiger partial charge in [0.2, 0.25) is 5.91 Å². The van der Waals surface area contributed by atoms with Crippen LogP contribution in [0.2, 0.25) is 10.0 Å². The summed E-state index contributed by atoms with van der Waals surface area (Å²) in [5.74, 6) is -0.452. The van der Waals surface area contributed by atoms with Crippen LogP contribution in [0, 0.1) is 5.82 Å². The number of rotatable bonds is 4. The SMILES string of the molecule is O=C(Cc1ccc(Cl)cc1Cl)NCc1ccc(F)cc1. The molecule has 1 amide bonds. The summed E-state index contributed by atoms with van der Waals surface area (Å²) in [6.07, 6.45) is 0.178. The summed E-state index contributed by atoms with van der Waals surface area (Å²) in [4.78, 5) is 11.8.